The Bertz CT molecular complexity index is 1980. The summed E-state index contributed by atoms with van der Waals surface area (Å²) in [6.07, 6.45) is 11.2. The van der Waals surface area contributed by atoms with Gasteiger partial charge in [-0.25, -0.2) is 9.97 Å². The molecule has 1 unspecified atom stereocenters. The van der Waals surface area contributed by atoms with E-state index in [0.29, 0.717) is 22.7 Å². The molecule has 4 aliphatic carbocycles. The Morgan fingerprint density at radius 2 is 1.77 bits per heavy atom. The normalized spacial score (nSPS) is 25.0. The van der Waals surface area contributed by atoms with E-state index >= 15 is 0 Å². The van der Waals surface area contributed by atoms with E-state index in [9.17, 15) is 9.69 Å². The number of nitrogens with one attached hydrogen (secondary N) is 1. The van der Waals surface area contributed by atoms with Gasteiger partial charge in [-0.15, -0.1) is 0 Å². The fraction of sp³-hybridized carbons (Fsp3) is 0.421. The summed E-state index contributed by atoms with van der Waals surface area (Å²) in [7, 11) is -1.46. The molecule has 10 rings (SSSR count). The number of para-hydroxylation sites is 1. The molecule has 5 aliphatic rings. The number of carbonyl (C=O) groups excluding carboxylic acids is 1. The van der Waals surface area contributed by atoms with Gasteiger partial charge in [-0.1, -0.05) is 35.6 Å². The third-order valence-electron chi connectivity index (χ3n) is 11.6. The van der Waals surface area contributed by atoms with Gasteiger partial charge in [0.15, 0.2) is 5.13 Å². The molecule has 10 heteroatoms. The Balaban J connectivity index is 0.968. The maximum absolute atomic E-state index is 13.6. The molecule has 2 aromatic carbocycles. The molecule has 4 heterocycles. The predicted molar refractivity (Wildman–Crippen MR) is 194 cm³/mol. The average Bonchev–Trinajstić information content (AvgIpc) is 3.65. The van der Waals surface area contributed by atoms with Crippen LogP contribution in [0.1, 0.15) is 65.7 Å². The maximum Gasteiger partial charge on any atom is 0.257 e. The highest BCUT2D eigenvalue weighted by atomic mass is 32.1. The second-order valence-electron chi connectivity index (χ2n) is 14.8. The summed E-state index contributed by atoms with van der Waals surface area (Å²) < 4.78 is 3.29. The second kappa shape index (κ2) is 11.7. The Kier molecular flexibility index (Phi) is 7.44. The Morgan fingerprint density at radius 1 is 1.00 bits per heavy atom. The van der Waals surface area contributed by atoms with Crippen LogP contribution in [0, 0.1) is 30.1 Å². The smallest absolute Gasteiger partial charge is 0.257 e. The molecule has 3 aromatic heterocycles. The third-order valence-corrected chi connectivity index (χ3v) is 13.5. The van der Waals surface area contributed by atoms with Gasteiger partial charge in [0.25, 0.3) is 5.91 Å². The van der Waals surface area contributed by atoms with Crippen LogP contribution in [-0.4, -0.2) is 43.8 Å². The quantitative estimate of drug-likeness (QED) is 0.173. The van der Waals surface area contributed by atoms with E-state index in [0.717, 1.165) is 81.1 Å². The number of thiazole rings is 1. The summed E-state index contributed by atoms with van der Waals surface area (Å²) in [6.45, 7) is 6.40. The van der Waals surface area contributed by atoms with Crippen LogP contribution in [-0.2, 0) is 19.5 Å². The average molecular weight is 677 g/mol. The summed E-state index contributed by atoms with van der Waals surface area (Å²) in [5.41, 5.74) is 8.07. The first-order valence-corrected chi connectivity index (χ1v) is 19.9. The van der Waals surface area contributed by atoms with Crippen molar-refractivity contribution in [3.63, 3.8) is 0 Å². The van der Waals surface area contributed by atoms with Crippen molar-refractivity contribution in [1.82, 2.24) is 19.7 Å². The zero-order valence-electron chi connectivity index (χ0n) is 27.5. The topological polar surface area (TPSA) is 96.2 Å². The van der Waals surface area contributed by atoms with E-state index < -0.39 is 8.15 Å². The van der Waals surface area contributed by atoms with Crippen LogP contribution in [0.5, 0.6) is 0 Å². The molecule has 4 fully saturated rings. The SMILES string of the molecule is Cc1c(-c2ccc(N3CCc4cccc(C(=O)Nc5nc6ccccc6s5)c4C3)nc2P(C)O)cnn1CC12CC3CC(CC(C3)C1)C2. The predicted octanol–water partition coefficient (Wildman–Crippen LogP) is 7.54. The van der Waals surface area contributed by atoms with Gasteiger partial charge in [0.1, 0.15) is 11.3 Å². The number of pyridine rings is 1. The van der Waals surface area contributed by atoms with Crippen molar-refractivity contribution in [2.24, 2.45) is 23.2 Å². The van der Waals surface area contributed by atoms with Gasteiger partial charge in [-0.05, 0) is 123 Å². The van der Waals surface area contributed by atoms with Crippen molar-refractivity contribution < 1.29 is 9.69 Å². The molecule has 2 N–H and O–H groups in total. The molecular weight excluding hydrogens is 635 g/mol. The molecule has 246 valence electrons. The minimum atomic E-state index is -1.46. The standard InChI is InChI=1S/C38H41N6O2PS/c1-23-30(20-39-44(23)22-38-17-24-14-25(18-38)16-26(15-24)19-38)29-10-11-34(41-36(29)47(2)46)43-13-12-27-6-5-7-28(31(27)21-43)35(45)42-37-40-32-8-3-4-9-33(32)48-37/h3-11,20,24-26,46H,12-19,21-22H2,1-2H3,(H,40,42,45). The number of anilines is 2. The summed E-state index contributed by atoms with van der Waals surface area (Å²) in [5.74, 6) is 3.42. The number of benzene rings is 2. The van der Waals surface area contributed by atoms with E-state index in [-0.39, 0.29) is 5.91 Å². The van der Waals surface area contributed by atoms with Crippen molar-refractivity contribution in [3.8, 4) is 11.1 Å². The monoisotopic (exact) mass is 676 g/mol. The van der Waals surface area contributed by atoms with Gasteiger partial charge >= 0.3 is 0 Å². The van der Waals surface area contributed by atoms with Crippen molar-refractivity contribution >= 4 is 52.0 Å². The highest BCUT2D eigenvalue weighted by Gasteiger charge is 2.51. The number of rotatable bonds is 7. The number of amides is 1. The minimum absolute atomic E-state index is 0.148. The van der Waals surface area contributed by atoms with Gasteiger partial charge < -0.3 is 9.79 Å². The molecule has 5 aromatic rings. The lowest BCUT2D eigenvalue weighted by atomic mass is 9.49. The van der Waals surface area contributed by atoms with E-state index in [1.165, 1.54) is 55.4 Å². The first kappa shape index (κ1) is 30.4. The van der Waals surface area contributed by atoms with Gasteiger partial charge in [0.2, 0.25) is 0 Å². The number of nitrogens with zero attached hydrogens (tertiary/aromatic N) is 5. The summed E-state index contributed by atoms with van der Waals surface area (Å²) in [4.78, 5) is 36.6. The van der Waals surface area contributed by atoms with Crippen molar-refractivity contribution in [1.29, 1.82) is 0 Å². The highest BCUT2D eigenvalue weighted by Crippen LogP contribution is 2.60. The lowest BCUT2D eigenvalue weighted by Crippen LogP contribution is -2.48. The van der Waals surface area contributed by atoms with E-state index in [1.54, 1.807) is 0 Å². The molecule has 1 amide bonds. The molecule has 8 nitrogen and oxygen atoms in total. The highest BCUT2D eigenvalue weighted by molar-refractivity contribution is 7.59. The molecule has 4 saturated carbocycles. The molecule has 1 atom stereocenters. The van der Waals surface area contributed by atoms with Crippen molar-refractivity contribution in [3.05, 3.63) is 83.2 Å². The number of hydrogen-bond donors (Lipinski definition) is 2. The molecule has 48 heavy (non-hydrogen) atoms. The van der Waals surface area contributed by atoms with E-state index in [4.69, 9.17) is 10.1 Å². The van der Waals surface area contributed by atoms with Crippen molar-refractivity contribution in [2.75, 3.05) is 23.4 Å². The summed E-state index contributed by atoms with van der Waals surface area (Å²) in [5, 5.41) is 8.58. The number of carbonyl (C=O) groups is 1. The van der Waals surface area contributed by atoms with E-state index in [2.05, 4.69) is 45.0 Å². The number of fused-ring (bicyclic) bond motifs is 2. The molecule has 0 saturated heterocycles. The minimum Gasteiger partial charge on any atom is -0.368 e. The lowest BCUT2D eigenvalue weighted by Gasteiger charge is -2.56. The van der Waals surface area contributed by atoms with Crippen molar-refractivity contribution in [2.45, 2.75) is 65.0 Å². The molecule has 1 aliphatic heterocycles. The van der Waals surface area contributed by atoms with Gasteiger partial charge in [-0.2, -0.15) is 5.10 Å². The molecule has 4 bridgehead atoms. The zero-order valence-corrected chi connectivity index (χ0v) is 29.2. The van der Waals surface area contributed by atoms with Crippen LogP contribution in [0.25, 0.3) is 21.3 Å². The summed E-state index contributed by atoms with van der Waals surface area (Å²) in [6, 6.07) is 18.1. The maximum atomic E-state index is 13.6. The van der Waals surface area contributed by atoms with E-state index in [1.807, 2.05) is 49.3 Å². The second-order valence-corrected chi connectivity index (χ2v) is 17.3. The van der Waals surface area contributed by atoms with Crippen LogP contribution >= 0.6 is 19.5 Å². The van der Waals surface area contributed by atoms with Crippen LogP contribution in [0.3, 0.4) is 0 Å². The molecule has 0 spiro atoms. The number of aromatic nitrogens is 4. The summed E-state index contributed by atoms with van der Waals surface area (Å²) >= 11 is 1.48. The Morgan fingerprint density at radius 3 is 2.52 bits per heavy atom. The van der Waals surface area contributed by atoms with Crippen LogP contribution in [0.4, 0.5) is 10.9 Å². The molecule has 0 radical (unpaired) electrons. The Hall–Kier alpha value is -3.65. The van der Waals surface area contributed by atoms with Crippen LogP contribution < -0.4 is 15.7 Å². The third kappa shape index (κ3) is 5.35. The van der Waals surface area contributed by atoms with Gasteiger partial charge in [0.05, 0.1) is 24.6 Å². The first-order valence-electron chi connectivity index (χ1n) is 17.3. The largest absolute Gasteiger partial charge is 0.368 e. The zero-order chi connectivity index (χ0) is 32.6. The van der Waals surface area contributed by atoms with Gasteiger partial charge in [0, 0.05) is 42.0 Å². The Labute approximate surface area is 286 Å². The fourth-order valence-corrected chi connectivity index (χ4v) is 11.5. The first-order chi connectivity index (χ1) is 23.3. The molecular formula is C38H41N6O2PS. The fourth-order valence-electron chi connectivity index (χ4n) is 9.82. The van der Waals surface area contributed by atoms with Crippen LogP contribution in [0.2, 0.25) is 0 Å². The number of hydrogen-bond acceptors (Lipinski definition) is 7. The van der Waals surface area contributed by atoms with Crippen LogP contribution in [0.15, 0.2) is 60.8 Å². The lowest BCUT2D eigenvalue weighted by molar-refractivity contribution is -0.0638. The van der Waals surface area contributed by atoms with Gasteiger partial charge in [-0.3, -0.25) is 14.8 Å².